The first kappa shape index (κ1) is 17.4. The van der Waals surface area contributed by atoms with Gasteiger partial charge in [-0.25, -0.2) is 0 Å². The van der Waals surface area contributed by atoms with Gasteiger partial charge < -0.3 is 15.3 Å². The molecule has 2 amide bonds. The zero-order valence-electron chi connectivity index (χ0n) is 11.9. The van der Waals surface area contributed by atoms with E-state index in [9.17, 15) is 14.4 Å². The molecule has 2 N–H and O–H groups in total. The fraction of sp³-hybridized carbons (Fsp3) is 0.769. The summed E-state index contributed by atoms with van der Waals surface area (Å²) in [5.74, 6) is -1.31. The minimum absolute atomic E-state index is 0.0658. The summed E-state index contributed by atoms with van der Waals surface area (Å²) in [5.41, 5.74) is 0. The zero-order chi connectivity index (χ0) is 14.8. The number of carboxylic acids is 1. The normalized spacial score (nSPS) is 10.3. The van der Waals surface area contributed by atoms with Gasteiger partial charge in [0, 0.05) is 25.4 Å². The van der Waals surface area contributed by atoms with E-state index in [4.69, 9.17) is 5.11 Å². The molecule has 0 aliphatic carbocycles. The molecule has 0 atom stereocenters. The first-order valence-corrected chi connectivity index (χ1v) is 6.66. The van der Waals surface area contributed by atoms with Crippen molar-refractivity contribution in [3.8, 4) is 0 Å². The maximum Gasteiger partial charge on any atom is 0.323 e. The molecule has 0 fully saturated rings. The minimum atomic E-state index is -1.03. The van der Waals surface area contributed by atoms with E-state index in [1.54, 1.807) is 13.8 Å². The molecule has 110 valence electrons. The summed E-state index contributed by atoms with van der Waals surface area (Å²) in [6, 6.07) is -0.155. The summed E-state index contributed by atoms with van der Waals surface area (Å²) in [6.07, 6.45) is 1.82. The number of carbonyl (C=O) groups excluding carboxylic acids is 2. The molecule has 0 aromatic heterocycles. The van der Waals surface area contributed by atoms with Crippen molar-refractivity contribution in [3.05, 3.63) is 0 Å². The van der Waals surface area contributed by atoms with Gasteiger partial charge in [-0.15, -0.1) is 0 Å². The van der Waals surface area contributed by atoms with E-state index in [1.807, 2.05) is 6.92 Å². The molecule has 0 heterocycles. The summed E-state index contributed by atoms with van der Waals surface area (Å²) < 4.78 is 0. The second-order valence-corrected chi connectivity index (χ2v) is 4.71. The summed E-state index contributed by atoms with van der Waals surface area (Å²) >= 11 is 0. The van der Waals surface area contributed by atoms with Crippen LogP contribution < -0.4 is 5.32 Å². The van der Waals surface area contributed by atoms with Crippen molar-refractivity contribution in [2.75, 3.05) is 13.1 Å². The first-order valence-electron chi connectivity index (χ1n) is 6.66. The number of rotatable bonds is 9. The highest BCUT2D eigenvalue weighted by Crippen LogP contribution is 2.05. The summed E-state index contributed by atoms with van der Waals surface area (Å²) in [6.45, 7) is 5.86. The third-order valence-corrected chi connectivity index (χ3v) is 2.62. The number of carboxylic acid groups (broad SMARTS) is 1. The molecule has 0 aromatic carbocycles. The number of aliphatic carboxylic acids is 1. The van der Waals surface area contributed by atoms with Crippen molar-refractivity contribution in [2.24, 2.45) is 0 Å². The molecule has 0 radical (unpaired) electrons. The van der Waals surface area contributed by atoms with Gasteiger partial charge in [-0.05, 0) is 26.7 Å². The van der Waals surface area contributed by atoms with Crippen molar-refractivity contribution in [3.63, 3.8) is 0 Å². The van der Waals surface area contributed by atoms with Crippen LogP contribution in [-0.2, 0) is 14.4 Å². The van der Waals surface area contributed by atoms with Gasteiger partial charge >= 0.3 is 5.97 Å². The van der Waals surface area contributed by atoms with Crippen LogP contribution in [0.4, 0.5) is 0 Å². The van der Waals surface area contributed by atoms with Crippen LogP contribution in [0.3, 0.4) is 0 Å². The van der Waals surface area contributed by atoms with Crippen molar-refractivity contribution < 1.29 is 19.5 Å². The lowest BCUT2D eigenvalue weighted by Gasteiger charge is -2.24. The third-order valence-electron chi connectivity index (χ3n) is 2.62. The Morgan fingerprint density at radius 2 is 1.84 bits per heavy atom. The molecule has 0 saturated carbocycles. The average molecular weight is 272 g/mol. The predicted molar refractivity (Wildman–Crippen MR) is 71.6 cm³/mol. The highest BCUT2D eigenvalue weighted by Gasteiger charge is 2.19. The first-order chi connectivity index (χ1) is 8.88. The lowest BCUT2D eigenvalue weighted by molar-refractivity contribution is -0.145. The van der Waals surface area contributed by atoms with Gasteiger partial charge in [0.25, 0.3) is 0 Å². The van der Waals surface area contributed by atoms with Crippen LogP contribution in [0, 0.1) is 0 Å². The molecular weight excluding hydrogens is 248 g/mol. The third kappa shape index (κ3) is 8.18. The van der Waals surface area contributed by atoms with Gasteiger partial charge in [0.1, 0.15) is 6.54 Å². The van der Waals surface area contributed by atoms with E-state index >= 15 is 0 Å². The molecule has 0 spiro atoms. The second-order valence-electron chi connectivity index (χ2n) is 4.71. The van der Waals surface area contributed by atoms with Crippen LogP contribution in [0.2, 0.25) is 0 Å². The van der Waals surface area contributed by atoms with Crippen molar-refractivity contribution in [1.29, 1.82) is 0 Å². The molecule has 0 aromatic rings. The number of hydrogen-bond donors (Lipinski definition) is 2. The van der Waals surface area contributed by atoms with Gasteiger partial charge in [-0.2, -0.15) is 0 Å². The summed E-state index contributed by atoms with van der Waals surface area (Å²) in [4.78, 5) is 35.2. The number of nitrogens with one attached hydrogen (secondary N) is 1. The van der Waals surface area contributed by atoms with Crippen LogP contribution in [0.1, 0.15) is 46.5 Å². The molecule has 0 aliphatic heterocycles. The maximum absolute atomic E-state index is 11.8. The van der Waals surface area contributed by atoms with Crippen molar-refractivity contribution in [1.82, 2.24) is 10.2 Å². The minimum Gasteiger partial charge on any atom is -0.480 e. The van der Waals surface area contributed by atoms with E-state index in [0.717, 1.165) is 6.42 Å². The number of amides is 2. The Hall–Kier alpha value is -1.59. The van der Waals surface area contributed by atoms with E-state index in [-0.39, 0.29) is 30.8 Å². The fourth-order valence-corrected chi connectivity index (χ4v) is 1.60. The quantitative estimate of drug-likeness (QED) is 0.655. The Bertz CT molecular complexity index is 316. The highest BCUT2D eigenvalue weighted by atomic mass is 16.4. The van der Waals surface area contributed by atoms with Gasteiger partial charge in [-0.1, -0.05) is 6.92 Å². The lowest BCUT2D eigenvalue weighted by Crippen LogP contribution is -2.40. The number of carbonyl (C=O) groups is 3. The van der Waals surface area contributed by atoms with Gasteiger partial charge in [0.15, 0.2) is 0 Å². The monoisotopic (exact) mass is 272 g/mol. The van der Waals surface area contributed by atoms with Crippen molar-refractivity contribution >= 4 is 17.8 Å². The highest BCUT2D eigenvalue weighted by molar-refractivity contribution is 5.82. The smallest absolute Gasteiger partial charge is 0.323 e. The van der Waals surface area contributed by atoms with E-state index in [2.05, 4.69) is 5.32 Å². The Morgan fingerprint density at radius 1 is 1.21 bits per heavy atom. The Morgan fingerprint density at radius 3 is 2.32 bits per heavy atom. The fourth-order valence-electron chi connectivity index (χ4n) is 1.60. The van der Waals surface area contributed by atoms with E-state index in [0.29, 0.717) is 19.4 Å². The van der Waals surface area contributed by atoms with Gasteiger partial charge in [0.05, 0.1) is 0 Å². The number of nitrogens with zero attached hydrogens (tertiary/aromatic N) is 1. The Balaban J connectivity index is 4.06. The van der Waals surface area contributed by atoms with Gasteiger partial charge in [0.2, 0.25) is 11.8 Å². The van der Waals surface area contributed by atoms with E-state index < -0.39 is 5.97 Å². The molecule has 0 rings (SSSR count). The van der Waals surface area contributed by atoms with Crippen LogP contribution in [0.15, 0.2) is 0 Å². The lowest BCUT2D eigenvalue weighted by atomic mass is 10.2. The number of hydrogen-bond acceptors (Lipinski definition) is 3. The average Bonchev–Trinajstić information content (AvgIpc) is 2.32. The molecule has 0 aliphatic rings. The predicted octanol–water partition coefficient (Wildman–Crippen LogP) is 1.00. The largest absolute Gasteiger partial charge is 0.480 e. The molecule has 6 heteroatoms. The van der Waals surface area contributed by atoms with Crippen LogP contribution in [0.5, 0.6) is 0 Å². The summed E-state index contributed by atoms with van der Waals surface area (Å²) in [7, 11) is 0. The van der Waals surface area contributed by atoms with Crippen LogP contribution >= 0.6 is 0 Å². The maximum atomic E-state index is 11.8. The molecule has 0 saturated heterocycles. The Kier molecular flexibility index (Phi) is 8.57. The molecular formula is C13H24N2O4. The summed E-state index contributed by atoms with van der Waals surface area (Å²) in [5, 5.41) is 11.5. The molecule has 0 unspecified atom stereocenters. The molecule has 0 bridgehead atoms. The van der Waals surface area contributed by atoms with E-state index in [1.165, 1.54) is 4.90 Å². The SMILES string of the molecule is CCCNC(=O)CCCC(=O)N(CC(=O)O)C(C)C. The standard InChI is InChI=1S/C13H24N2O4/c1-4-8-14-11(16)6-5-7-12(17)15(10(2)3)9-13(18)19/h10H,4-9H2,1-3H3,(H,14,16)(H,18,19). The second kappa shape index (κ2) is 9.35. The van der Waals surface area contributed by atoms with Crippen LogP contribution in [0.25, 0.3) is 0 Å². The van der Waals surface area contributed by atoms with Gasteiger partial charge in [-0.3, -0.25) is 14.4 Å². The van der Waals surface area contributed by atoms with Crippen molar-refractivity contribution in [2.45, 2.75) is 52.5 Å². The molecule has 19 heavy (non-hydrogen) atoms. The topological polar surface area (TPSA) is 86.7 Å². The van der Waals surface area contributed by atoms with Crippen LogP contribution in [-0.4, -0.2) is 46.9 Å². The Labute approximate surface area is 114 Å². The molecule has 6 nitrogen and oxygen atoms in total. The zero-order valence-corrected chi connectivity index (χ0v) is 11.9.